The Bertz CT molecular complexity index is 649. The highest BCUT2D eigenvalue weighted by Crippen LogP contribution is 2.14. The van der Waals surface area contributed by atoms with Crippen LogP contribution in [0.2, 0.25) is 0 Å². The summed E-state index contributed by atoms with van der Waals surface area (Å²) in [5.41, 5.74) is 0.928. The van der Waals surface area contributed by atoms with Gasteiger partial charge in [0, 0.05) is 0 Å². The first kappa shape index (κ1) is 30.6. The lowest BCUT2D eigenvalue weighted by Gasteiger charge is -2.34. The number of halogens is 1. The molecule has 0 N–H and O–H groups in total. The maximum absolute atomic E-state index is 10.4. The van der Waals surface area contributed by atoms with Gasteiger partial charge in [-0.25, -0.2) is 8.42 Å². The SMILES string of the molecule is CCCCCCCC[N+](C)(CCBr)CCCCCCC.Cc1ccc(S(=O)(=O)[O-])cc1. The molecule has 1 unspecified atom stereocenters. The maximum Gasteiger partial charge on any atom is 0.124 e. The fraction of sp³-hybridized carbons (Fsp3) is 0.760. The van der Waals surface area contributed by atoms with Gasteiger partial charge < -0.3 is 9.04 Å². The Balaban J connectivity index is 0.000000683. The minimum absolute atomic E-state index is 0.178. The molecule has 0 radical (unpaired) electrons. The molecule has 0 aromatic heterocycles. The average molecular weight is 521 g/mol. The summed E-state index contributed by atoms with van der Waals surface area (Å²) in [5.74, 6) is 0. The van der Waals surface area contributed by atoms with Crippen LogP contribution in [0.15, 0.2) is 29.2 Å². The number of quaternary nitrogens is 1. The van der Waals surface area contributed by atoms with Crippen molar-refractivity contribution in [3.8, 4) is 0 Å². The Kier molecular flexibility index (Phi) is 17.8. The Morgan fingerprint density at radius 3 is 1.58 bits per heavy atom. The Morgan fingerprint density at radius 1 is 0.774 bits per heavy atom. The summed E-state index contributed by atoms with van der Waals surface area (Å²) in [4.78, 5) is -0.178. The fourth-order valence-electron chi connectivity index (χ4n) is 3.62. The van der Waals surface area contributed by atoms with Gasteiger partial charge in [0.1, 0.15) is 10.1 Å². The molecule has 1 atom stereocenters. The monoisotopic (exact) mass is 519 g/mol. The zero-order valence-corrected chi connectivity index (χ0v) is 22.8. The van der Waals surface area contributed by atoms with E-state index in [4.69, 9.17) is 0 Å². The van der Waals surface area contributed by atoms with E-state index in [1.807, 2.05) is 6.92 Å². The van der Waals surface area contributed by atoms with Crippen molar-refractivity contribution < 1.29 is 17.5 Å². The van der Waals surface area contributed by atoms with Gasteiger partial charge in [-0.05, 0) is 44.7 Å². The largest absolute Gasteiger partial charge is 0.744 e. The number of hydrogen-bond acceptors (Lipinski definition) is 3. The second-order valence-electron chi connectivity index (χ2n) is 8.93. The predicted molar refractivity (Wildman–Crippen MR) is 136 cm³/mol. The number of aryl methyl sites for hydroxylation is 1. The van der Waals surface area contributed by atoms with Crippen molar-refractivity contribution in [3.05, 3.63) is 29.8 Å². The summed E-state index contributed by atoms with van der Waals surface area (Å²) in [6, 6.07) is 5.78. The number of alkyl halides is 1. The Labute approximate surface area is 201 Å². The highest BCUT2D eigenvalue weighted by atomic mass is 79.9. The van der Waals surface area contributed by atoms with Crippen molar-refractivity contribution >= 4 is 26.0 Å². The van der Waals surface area contributed by atoms with Crippen LogP contribution in [-0.4, -0.2) is 49.5 Å². The zero-order chi connectivity index (χ0) is 23.6. The van der Waals surface area contributed by atoms with E-state index >= 15 is 0 Å². The van der Waals surface area contributed by atoms with E-state index in [2.05, 4.69) is 36.8 Å². The van der Waals surface area contributed by atoms with Crippen LogP contribution in [0.25, 0.3) is 0 Å². The van der Waals surface area contributed by atoms with Crippen molar-refractivity contribution in [3.63, 3.8) is 0 Å². The molecule has 0 amide bonds. The number of nitrogens with zero attached hydrogens (tertiary/aromatic N) is 1. The summed E-state index contributed by atoms with van der Waals surface area (Å²) in [6.45, 7) is 10.5. The van der Waals surface area contributed by atoms with Gasteiger partial charge in [0.2, 0.25) is 0 Å². The first-order valence-corrected chi connectivity index (χ1v) is 14.6. The highest BCUT2D eigenvalue weighted by molar-refractivity contribution is 9.09. The van der Waals surface area contributed by atoms with Crippen LogP contribution < -0.4 is 0 Å². The van der Waals surface area contributed by atoms with Crippen LogP contribution >= 0.6 is 15.9 Å². The molecule has 1 rings (SSSR count). The fourth-order valence-corrected chi connectivity index (χ4v) is 4.94. The van der Waals surface area contributed by atoms with Crippen molar-refractivity contribution in [2.45, 2.75) is 96.3 Å². The van der Waals surface area contributed by atoms with Gasteiger partial charge in [0.25, 0.3) is 0 Å². The van der Waals surface area contributed by atoms with Gasteiger partial charge in [-0.3, -0.25) is 0 Å². The number of benzene rings is 1. The summed E-state index contributed by atoms with van der Waals surface area (Å²) < 4.78 is 32.4. The summed E-state index contributed by atoms with van der Waals surface area (Å²) in [5, 5.41) is 1.15. The molecule has 0 fully saturated rings. The number of unbranched alkanes of at least 4 members (excludes halogenated alkanes) is 9. The smallest absolute Gasteiger partial charge is 0.124 e. The number of rotatable bonds is 16. The van der Waals surface area contributed by atoms with Crippen molar-refractivity contribution in [1.29, 1.82) is 0 Å². The standard InChI is InChI=1S/C18H39BrN.C7H8O3S/c1-4-6-8-10-12-14-17-20(3,18-15-19)16-13-11-9-7-5-2;1-6-2-4-7(5-3-6)11(8,9)10/h4-18H2,1-3H3;2-5H,1H3,(H,8,9,10)/q+1;/p-1. The summed E-state index contributed by atoms with van der Waals surface area (Å²) >= 11 is 3.65. The quantitative estimate of drug-likeness (QED) is 0.101. The maximum atomic E-state index is 10.4. The highest BCUT2D eigenvalue weighted by Gasteiger charge is 2.19. The average Bonchev–Trinajstić information content (AvgIpc) is 2.71. The first-order valence-electron chi connectivity index (χ1n) is 12.1. The van der Waals surface area contributed by atoms with Gasteiger partial charge in [0.05, 0.1) is 36.9 Å². The van der Waals surface area contributed by atoms with Crippen LogP contribution in [0.1, 0.15) is 90.0 Å². The van der Waals surface area contributed by atoms with E-state index in [9.17, 15) is 13.0 Å². The number of hydrogen-bond donors (Lipinski definition) is 0. The van der Waals surface area contributed by atoms with E-state index < -0.39 is 10.1 Å². The van der Waals surface area contributed by atoms with Crippen LogP contribution in [-0.2, 0) is 10.1 Å². The molecule has 1 aromatic rings. The molecular weight excluding hydrogens is 474 g/mol. The third-order valence-electron chi connectivity index (χ3n) is 5.79. The van der Waals surface area contributed by atoms with Gasteiger partial charge in [-0.15, -0.1) is 0 Å². The molecule has 182 valence electrons. The van der Waals surface area contributed by atoms with E-state index in [0.29, 0.717) is 0 Å². The third kappa shape index (κ3) is 16.8. The van der Waals surface area contributed by atoms with E-state index in [1.165, 1.54) is 107 Å². The van der Waals surface area contributed by atoms with E-state index in [1.54, 1.807) is 12.1 Å². The molecule has 0 aliphatic heterocycles. The topological polar surface area (TPSA) is 57.2 Å². The molecule has 1 aromatic carbocycles. The minimum atomic E-state index is -4.27. The van der Waals surface area contributed by atoms with Crippen molar-refractivity contribution in [2.75, 3.05) is 32.0 Å². The lowest BCUT2D eigenvalue weighted by atomic mass is 10.1. The molecule has 0 bridgehead atoms. The molecule has 0 saturated carbocycles. The molecule has 0 saturated heterocycles. The second-order valence-corrected chi connectivity index (χ2v) is 11.1. The lowest BCUT2D eigenvalue weighted by Crippen LogP contribution is -2.46. The van der Waals surface area contributed by atoms with Crippen LogP contribution in [0, 0.1) is 6.92 Å². The second kappa shape index (κ2) is 18.0. The summed E-state index contributed by atoms with van der Waals surface area (Å²) in [7, 11) is -1.80. The zero-order valence-electron chi connectivity index (χ0n) is 20.4. The molecule has 6 heteroatoms. The molecule has 4 nitrogen and oxygen atoms in total. The molecule has 0 aliphatic rings. The van der Waals surface area contributed by atoms with Gasteiger partial charge in [-0.1, -0.05) is 92.4 Å². The van der Waals surface area contributed by atoms with Gasteiger partial charge in [0.15, 0.2) is 0 Å². The predicted octanol–water partition coefficient (Wildman–Crippen LogP) is 7.06. The van der Waals surface area contributed by atoms with Gasteiger partial charge in [-0.2, -0.15) is 0 Å². The van der Waals surface area contributed by atoms with Crippen LogP contribution in [0.3, 0.4) is 0 Å². The molecule has 0 spiro atoms. The third-order valence-corrected chi connectivity index (χ3v) is 6.99. The van der Waals surface area contributed by atoms with Gasteiger partial charge >= 0.3 is 0 Å². The first-order chi connectivity index (χ1) is 14.7. The summed E-state index contributed by atoms with van der Waals surface area (Å²) in [6.07, 6.45) is 15.6. The van der Waals surface area contributed by atoms with Crippen LogP contribution in [0.5, 0.6) is 0 Å². The molecular formula is C25H46BrNO3S. The normalized spacial score (nSPS) is 13.4. The van der Waals surface area contributed by atoms with E-state index in [0.717, 1.165) is 10.9 Å². The van der Waals surface area contributed by atoms with E-state index in [-0.39, 0.29) is 4.90 Å². The van der Waals surface area contributed by atoms with Crippen LogP contribution in [0.4, 0.5) is 0 Å². The Morgan fingerprint density at radius 2 is 1.19 bits per heavy atom. The molecule has 0 aliphatic carbocycles. The molecule has 0 heterocycles. The van der Waals surface area contributed by atoms with Crippen molar-refractivity contribution in [1.82, 2.24) is 0 Å². The Hall–Kier alpha value is -0.430. The van der Waals surface area contributed by atoms with Crippen molar-refractivity contribution in [2.24, 2.45) is 0 Å². The lowest BCUT2D eigenvalue weighted by molar-refractivity contribution is -0.907. The minimum Gasteiger partial charge on any atom is -0.744 e. The molecule has 31 heavy (non-hydrogen) atoms.